The summed E-state index contributed by atoms with van der Waals surface area (Å²) < 4.78 is 26.5. The second kappa shape index (κ2) is 5.37. The third-order valence-corrected chi connectivity index (χ3v) is 2.23. The Kier molecular flexibility index (Phi) is 3.63. The zero-order valence-electron chi connectivity index (χ0n) is 9.32. The maximum atomic E-state index is 13.4. The van der Waals surface area contributed by atoms with E-state index in [4.69, 9.17) is 5.84 Å². The highest BCUT2D eigenvalue weighted by Gasteiger charge is 2.10. The molecule has 5 nitrogen and oxygen atoms in total. The molecule has 94 valence electrons. The lowest BCUT2D eigenvalue weighted by molar-refractivity contribution is 0.578. The maximum Gasteiger partial charge on any atom is 0.178 e. The number of pyridine rings is 2. The summed E-state index contributed by atoms with van der Waals surface area (Å²) in [6.45, 7) is 0.278. The molecular formula is C11H11F2N5. The molecule has 18 heavy (non-hydrogen) atoms. The van der Waals surface area contributed by atoms with Gasteiger partial charge in [-0.05, 0) is 12.1 Å². The van der Waals surface area contributed by atoms with E-state index in [0.717, 1.165) is 0 Å². The van der Waals surface area contributed by atoms with Crippen LogP contribution in [-0.4, -0.2) is 9.97 Å². The van der Waals surface area contributed by atoms with Crippen molar-refractivity contribution in [3.63, 3.8) is 0 Å². The van der Waals surface area contributed by atoms with Crippen LogP contribution < -0.4 is 16.6 Å². The highest BCUT2D eigenvalue weighted by Crippen LogP contribution is 2.18. The topological polar surface area (TPSA) is 75.9 Å². The SMILES string of the molecule is NNc1nc(NCc2ccccn2)c(F)cc1F. The molecule has 0 unspecified atom stereocenters. The molecule has 0 atom stereocenters. The summed E-state index contributed by atoms with van der Waals surface area (Å²) in [5, 5.41) is 2.72. The van der Waals surface area contributed by atoms with Crippen LogP contribution in [0.1, 0.15) is 5.69 Å². The summed E-state index contributed by atoms with van der Waals surface area (Å²) in [6.07, 6.45) is 1.62. The van der Waals surface area contributed by atoms with E-state index in [0.29, 0.717) is 11.8 Å². The number of hydrazine groups is 1. The van der Waals surface area contributed by atoms with E-state index in [1.165, 1.54) is 0 Å². The van der Waals surface area contributed by atoms with E-state index in [1.807, 2.05) is 6.07 Å². The largest absolute Gasteiger partial charge is 0.362 e. The van der Waals surface area contributed by atoms with Crippen molar-refractivity contribution in [2.24, 2.45) is 5.84 Å². The Hall–Kier alpha value is -2.28. The first-order chi connectivity index (χ1) is 8.70. The van der Waals surface area contributed by atoms with Crippen molar-refractivity contribution in [3.05, 3.63) is 47.8 Å². The van der Waals surface area contributed by atoms with Crippen molar-refractivity contribution in [2.45, 2.75) is 6.54 Å². The number of aromatic nitrogens is 2. The van der Waals surface area contributed by atoms with E-state index in [9.17, 15) is 8.78 Å². The molecule has 0 aliphatic carbocycles. The minimum Gasteiger partial charge on any atom is -0.362 e. The molecule has 7 heteroatoms. The van der Waals surface area contributed by atoms with E-state index in [1.54, 1.807) is 18.3 Å². The van der Waals surface area contributed by atoms with Crippen molar-refractivity contribution in [2.75, 3.05) is 10.7 Å². The fourth-order valence-electron chi connectivity index (χ4n) is 1.37. The number of halogens is 2. The lowest BCUT2D eigenvalue weighted by atomic mass is 10.3. The normalized spacial score (nSPS) is 10.2. The molecule has 0 saturated carbocycles. The maximum absolute atomic E-state index is 13.4. The summed E-state index contributed by atoms with van der Waals surface area (Å²) in [4.78, 5) is 7.74. The molecule has 0 amide bonds. The van der Waals surface area contributed by atoms with E-state index >= 15 is 0 Å². The molecule has 2 aromatic heterocycles. The van der Waals surface area contributed by atoms with Gasteiger partial charge in [0.05, 0.1) is 12.2 Å². The molecule has 0 aromatic carbocycles. The van der Waals surface area contributed by atoms with Gasteiger partial charge in [0, 0.05) is 12.3 Å². The van der Waals surface area contributed by atoms with Crippen LogP contribution in [0.5, 0.6) is 0 Å². The van der Waals surface area contributed by atoms with Gasteiger partial charge in [0.2, 0.25) is 0 Å². The fourth-order valence-corrected chi connectivity index (χ4v) is 1.37. The van der Waals surface area contributed by atoms with Gasteiger partial charge in [-0.25, -0.2) is 19.6 Å². The van der Waals surface area contributed by atoms with Gasteiger partial charge in [0.15, 0.2) is 23.3 Å². The Morgan fingerprint density at radius 1 is 1.17 bits per heavy atom. The minimum absolute atomic E-state index is 0.0880. The third kappa shape index (κ3) is 2.69. The van der Waals surface area contributed by atoms with Gasteiger partial charge in [-0.3, -0.25) is 4.98 Å². The first-order valence-electron chi connectivity index (χ1n) is 5.17. The quantitative estimate of drug-likeness (QED) is 0.569. The van der Waals surface area contributed by atoms with Crippen LogP contribution in [0.25, 0.3) is 0 Å². The summed E-state index contributed by atoms with van der Waals surface area (Å²) in [5.41, 5.74) is 2.77. The Morgan fingerprint density at radius 2 is 1.94 bits per heavy atom. The van der Waals surface area contributed by atoms with Crippen LogP contribution in [0.15, 0.2) is 30.5 Å². The number of nitrogens with zero attached hydrogens (tertiary/aromatic N) is 2. The summed E-state index contributed by atoms with van der Waals surface area (Å²) in [6, 6.07) is 6.07. The molecule has 0 fully saturated rings. The zero-order valence-corrected chi connectivity index (χ0v) is 9.32. The van der Waals surface area contributed by atoms with Gasteiger partial charge in [-0.1, -0.05) is 6.07 Å². The van der Waals surface area contributed by atoms with E-state index in [2.05, 4.69) is 20.7 Å². The average molecular weight is 251 g/mol. The zero-order chi connectivity index (χ0) is 13.0. The van der Waals surface area contributed by atoms with Crippen LogP contribution in [0.2, 0.25) is 0 Å². The first-order valence-corrected chi connectivity index (χ1v) is 5.17. The van der Waals surface area contributed by atoms with Gasteiger partial charge in [-0.2, -0.15) is 0 Å². The molecule has 0 saturated heterocycles. The lowest BCUT2D eigenvalue weighted by Gasteiger charge is -2.08. The summed E-state index contributed by atoms with van der Waals surface area (Å²) in [5.74, 6) is 3.11. The molecule has 0 aliphatic heterocycles. The van der Waals surface area contributed by atoms with Gasteiger partial charge in [0.25, 0.3) is 0 Å². The second-order valence-electron chi connectivity index (χ2n) is 3.47. The molecule has 0 radical (unpaired) electrons. The summed E-state index contributed by atoms with van der Waals surface area (Å²) >= 11 is 0. The van der Waals surface area contributed by atoms with Crippen LogP contribution in [0.4, 0.5) is 20.4 Å². The van der Waals surface area contributed by atoms with Crippen LogP contribution in [-0.2, 0) is 6.54 Å². The van der Waals surface area contributed by atoms with Gasteiger partial charge >= 0.3 is 0 Å². The molecule has 0 spiro atoms. The van der Waals surface area contributed by atoms with Crippen molar-refractivity contribution >= 4 is 11.6 Å². The minimum atomic E-state index is -0.849. The number of nitrogens with two attached hydrogens (primary N) is 1. The second-order valence-corrected chi connectivity index (χ2v) is 3.47. The lowest BCUT2D eigenvalue weighted by Crippen LogP contribution is -2.13. The van der Waals surface area contributed by atoms with Gasteiger partial charge in [0.1, 0.15) is 0 Å². The van der Waals surface area contributed by atoms with E-state index < -0.39 is 11.6 Å². The number of nitrogens with one attached hydrogen (secondary N) is 2. The predicted molar refractivity (Wildman–Crippen MR) is 63.5 cm³/mol. The van der Waals surface area contributed by atoms with Crippen LogP contribution in [0, 0.1) is 11.6 Å². The highest BCUT2D eigenvalue weighted by atomic mass is 19.1. The highest BCUT2D eigenvalue weighted by molar-refractivity contribution is 5.46. The van der Waals surface area contributed by atoms with Crippen LogP contribution in [0.3, 0.4) is 0 Å². The Balaban J connectivity index is 2.14. The standard InChI is InChI=1S/C11H11F2N5/c12-8-5-9(13)11(18-14)17-10(8)16-6-7-3-1-2-4-15-7/h1-5H,6,14H2,(H2,16,17,18). The molecule has 2 heterocycles. The molecular weight excluding hydrogens is 240 g/mol. The Labute approximate surface area is 102 Å². The number of hydrogen-bond donors (Lipinski definition) is 3. The number of hydrogen-bond acceptors (Lipinski definition) is 5. The first kappa shape index (κ1) is 12.2. The molecule has 4 N–H and O–H groups in total. The molecule has 2 aromatic rings. The molecule has 2 rings (SSSR count). The number of rotatable bonds is 4. The monoisotopic (exact) mass is 251 g/mol. The fraction of sp³-hybridized carbons (Fsp3) is 0.0909. The van der Waals surface area contributed by atoms with Crippen molar-refractivity contribution in [3.8, 4) is 0 Å². The predicted octanol–water partition coefficient (Wildman–Crippen LogP) is 1.65. The Bertz CT molecular complexity index is 532. The van der Waals surface area contributed by atoms with Crippen molar-refractivity contribution in [1.29, 1.82) is 0 Å². The number of nitrogen functional groups attached to an aromatic ring is 1. The smallest absolute Gasteiger partial charge is 0.178 e. The Morgan fingerprint density at radius 3 is 2.61 bits per heavy atom. The van der Waals surface area contributed by atoms with Gasteiger partial charge < -0.3 is 10.7 Å². The molecule has 0 aliphatic rings. The van der Waals surface area contributed by atoms with Crippen molar-refractivity contribution < 1.29 is 8.78 Å². The third-order valence-electron chi connectivity index (χ3n) is 2.23. The molecule has 0 bridgehead atoms. The van der Waals surface area contributed by atoms with Gasteiger partial charge in [-0.15, -0.1) is 0 Å². The summed E-state index contributed by atoms with van der Waals surface area (Å²) in [7, 11) is 0. The average Bonchev–Trinajstić information content (AvgIpc) is 2.39. The number of anilines is 2. The van der Waals surface area contributed by atoms with Crippen molar-refractivity contribution in [1.82, 2.24) is 9.97 Å². The van der Waals surface area contributed by atoms with E-state index in [-0.39, 0.29) is 18.2 Å². The van der Waals surface area contributed by atoms with Crippen LogP contribution >= 0.6 is 0 Å².